The van der Waals surface area contributed by atoms with E-state index in [1.165, 1.54) is 12.3 Å². The van der Waals surface area contributed by atoms with E-state index in [4.69, 9.17) is 4.42 Å². The molecular weight excluding hydrogens is 340 g/mol. The fraction of sp³-hybridized carbons (Fsp3) is 0.0909. The maximum Gasteiger partial charge on any atom is 0.267 e. The van der Waals surface area contributed by atoms with Crippen LogP contribution in [0.4, 0.5) is 0 Å². The molecule has 0 aliphatic rings. The number of hydrogen-bond donors (Lipinski definition) is 2. The van der Waals surface area contributed by atoms with Crippen molar-refractivity contribution in [2.45, 2.75) is 6.42 Å². The number of hydrogen-bond acceptors (Lipinski definition) is 3. The number of nitrogens with one attached hydrogen (secondary N) is 2. The molecule has 3 rings (SSSR count). The third kappa shape index (κ3) is 5.44. The van der Waals surface area contributed by atoms with Crippen LogP contribution in [0.2, 0.25) is 0 Å². The summed E-state index contributed by atoms with van der Waals surface area (Å²) < 4.78 is 5.27. The van der Waals surface area contributed by atoms with E-state index in [2.05, 4.69) is 10.6 Å². The molecule has 5 nitrogen and oxygen atoms in total. The quantitative estimate of drug-likeness (QED) is 0.634. The molecule has 27 heavy (non-hydrogen) atoms. The van der Waals surface area contributed by atoms with Gasteiger partial charge in [-0.25, -0.2) is 0 Å². The van der Waals surface area contributed by atoms with Gasteiger partial charge in [-0.3, -0.25) is 9.59 Å². The summed E-state index contributed by atoms with van der Waals surface area (Å²) in [6.07, 6.45) is 3.72. The lowest BCUT2D eigenvalue weighted by atomic mass is 10.1. The second-order valence-corrected chi connectivity index (χ2v) is 5.89. The van der Waals surface area contributed by atoms with Crippen molar-refractivity contribution in [1.29, 1.82) is 0 Å². The van der Waals surface area contributed by atoms with Crippen LogP contribution in [-0.2, 0) is 11.2 Å². The van der Waals surface area contributed by atoms with Crippen molar-refractivity contribution in [3.63, 3.8) is 0 Å². The zero-order valence-electron chi connectivity index (χ0n) is 14.7. The van der Waals surface area contributed by atoms with Gasteiger partial charge in [-0.1, -0.05) is 48.5 Å². The molecule has 2 amide bonds. The minimum atomic E-state index is -0.369. The molecule has 0 saturated heterocycles. The molecule has 0 fully saturated rings. The van der Waals surface area contributed by atoms with Crippen LogP contribution in [0.5, 0.6) is 0 Å². The highest BCUT2D eigenvalue weighted by Gasteiger charge is 2.14. The highest BCUT2D eigenvalue weighted by molar-refractivity contribution is 6.05. The first-order valence-electron chi connectivity index (χ1n) is 8.66. The first-order valence-corrected chi connectivity index (χ1v) is 8.66. The van der Waals surface area contributed by atoms with Gasteiger partial charge >= 0.3 is 0 Å². The third-order valence-electron chi connectivity index (χ3n) is 3.90. The number of amides is 2. The highest BCUT2D eigenvalue weighted by atomic mass is 16.3. The molecule has 0 spiro atoms. The van der Waals surface area contributed by atoms with Crippen molar-refractivity contribution in [3.8, 4) is 0 Å². The van der Waals surface area contributed by atoms with Gasteiger partial charge in [0.1, 0.15) is 11.5 Å². The summed E-state index contributed by atoms with van der Waals surface area (Å²) in [6, 6.07) is 22.0. The SMILES string of the molecule is O=C(NCCc1ccccc1)/C(=C\c1ccco1)NC(=O)c1ccccc1. The van der Waals surface area contributed by atoms with Gasteiger partial charge in [0.05, 0.1) is 6.26 Å². The third-order valence-corrected chi connectivity index (χ3v) is 3.90. The van der Waals surface area contributed by atoms with Gasteiger partial charge < -0.3 is 15.1 Å². The van der Waals surface area contributed by atoms with E-state index < -0.39 is 0 Å². The van der Waals surface area contributed by atoms with E-state index in [-0.39, 0.29) is 17.5 Å². The Hall–Kier alpha value is -3.60. The van der Waals surface area contributed by atoms with Gasteiger partial charge in [-0.2, -0.15) is 0 Å². The largest absolute Gasteiger partial charge is 0.465 e. The minimum absolute atomic E-state index is 0.131. The molecule has 0 aliphatic carbocycles. The lowest BCUT2D eigenvalue weighted by Crippen LogP contribution is -2.35. The van der Waals surface area contributed by atoms with E-state index in [9.17, 15) is 9.59 Å². The van der Waals surface area contributed by atoms with Crippen LogP contribution < -0.4 is 10.6 Å². The standard InChI is InChI=1S/C22H20N2O3/c25-21(18-10-5-2-6-11-18)24-20(16-19-12-7-15-27-19)22(26)23-14-13-17-8-3-1-4-9-17/h1-12,15-16H,13-14H2,(H,23,26)(H,24,25)/b20-16+. The Morgan fingerprint density at radius 2 is 1.59 bits per heavy atom. The van der Waals surface area contributed by atoms with E-state index in [1.807, 2.05) is 36.4 Å². The molecule has 0 bridgehead atoms. The molecule has 0 saturated carbocycles. The number of benzene rings is 2. The normalized spacial score (nSPS) is 11.0. The Bertz CT molecular complexity index is 901. The van der Waals surface area contributed by atoms with Gasteiger partial charge in [-0.05, 0) is 36.2 Å². The Labute approximate surface area is 157 Å². The molecule has 5 heteroatoms. The van der Waals surface area contributed by atoms with Gasteiger partial charge in [0.2, 0.25) is 0 Å². The van der Waals surface area contributed by atoms with E-state index in [0.29, 0.717) is 24.3 Å². The fourth-order valence-electron chi connectivity index (χ4n) is 2.52. The van der Waals surface area contributed by atoms with E-state index in [0.717, 1.165) is 5.56 Å². The molecule has 2 aromatic carbocycles. The predicted octanol–water partition coefficient (Wildman–Crippen LogP) is 3.41. The lowest BCUT2D eigenvalue weighted by Gasteiger charge is -2.11. The molecule has 0 aliphatic heterocycles. The number of furan rings is 1. The van der Waals surface area contributed by atoms with Crippen LogP contribution in [-0.4, -0.2) is 18.4 Å². The molecule has 2 N–H and O–H groups in total. The summed E-state index contributed by atoms with van der Waals surface area (Å²) >= 11 is 0. The zero-order valence-corrected chi connectivity index (χ0v) is 14.7. The average molecular weight is 360 g/mol. The van der Waals surface area contributed by atoms with Gasteiger partial charge in [-0.15, -0.1) is 0 Å². The van der Waals surface area contributed by atoms with Crippen molar-refractivity contribution >= 4 is 17.9 Å². The number of rotatable bonds is 7. The molecule has 0 radical (unpaired) electrons. The van der Waals surface area contributed by atoms with Gasteiger partial charge in [0.25, 0.3) is 11.8 Å². The summed E-state index contributed by atoms with van der Waals surface area (Å²) in [5, 5.41) is 5.51. The van der Waals surface area contributed by atoms with Crippen molar-refractivity contribution < 1.29 is 14.0 Å². The molecule has 0 atom stereocenters. The Kier molecular flexibility index (Phi) is 6.20. The Morgan fingerprint density at radius 3 is 2.26 bits per heavy atom. The summed E-state index contributed by atoms with van der Waals surface area (Å²) in [6.45, 7) is 0.458. The molecular formula is C22H20N2O3. The van der Waals surface area contributed by atoms with Crippen molar-refractivity contribution in [3.05, 3.63) is 102 Å². The van der Waals surface area contributed by atoms with Crippen LogP contribution in [0.15, 0.2) is 89.2 Å². The van der Waals surface area contributed by atoms with Crippen LogP contribution in [0.3, 0.4) is 0 Å². The first-order chi connectivity index (χ1) is 13.2. The molecule has 0 unspecified atom stereocenters. The molecule has 1 aromatic heterocycles. The summed E-state index contributed by atoms with van der Waals surface area (Å²) in [5.41, 5.74) is 1.73. The summed E-state index contributed by atoms with van der Waals surface area (Å²) in [7, 11) is 0. The maximum absolute atomic E-state index is 12.6. The van der Waals surface area contributed by atoms with E-state index in [1.54, 1.807) is 36.4 Å². The number of carbonyl (C=O) groups is 2. The van der Waals surface area contributed by atoms with Crippen LogP contribution in [0.1, 0.15) is 21.7 Å². The minimum Gasteiger partial charge on any atom is -0.465 e. The number of carbonyl (C=O) groups excluding carboxylic acids is 2. The average Bonchev–Trinajstić information content (AvgIpc) is 3.22. The highest BCUT2D eigenvalue weighted by Crippen LogP contribution is 2.08. The predicted molar refractivity (Wildman–Crippen MR) is 104 cm³/mol. The summed E-state index contributed by atoms with van der Waals surface area (Å²) in [4.78, 5) is 25.0. The van der Waals surface area contributed by atoms with Crippen molar-refractivity contribution in [2.24, 2.45) is 0 Å². The topological polar surface area (TPSA) is 71.3 Å². The Balaban J connectivity index is 1.68. The van der Waals surface area contributed by atoms with Crippen molar-refractivity contribution in [2.75, 3.05) is 6.54 Å². The van der Waals surface area contributed by atoms with Crippen LogP contribution in [0.25, 0.3) is 6.08 Å². The second-order valence-electron chi connectivity index (χ2n) is 5.89. The molecule has 3 aromatic rings. The van der Waals surface area contributed by atoms with E-state index >= 15 is 0 Å². The monoisotopic (exact) mass is 360 g/mol. The maximum atomic E-state index is 12.6. The Morgan fingerprint density at radius 1 is 0.889 bits per heavy atom. The smallest absolute Gasteiger partial charge is 0.267 e. The van der Waals surface area contributed by atoms with Crippen molar-refractivity contribution in [1.82, 2.24) is 10.6 Å². The molecule has 136 valence electrons. The summed E-state index contributed by atoms with van der Waals surface area (Å²) in [5.74, 6) is -0.241. The second kappa shape index (κ2) is 9.20. The van der Waals surface area contributed by atoms with Gasteiger partial charge in [0, 0.05) is 18.2 Å². The molecule has 1 heterocycles. The fourth-order valence-corrected chi connectivity index (χ4v) is 2.52. The zero-order chi connectivity index (χ0) is 18.9. The van der Waals surface area contributed by atoms with Gasteiger partial charge in [0.15, 0.2) is 0 Å². The van der Waals surface area contributed by atoms with Crippen LogP contribution in [0, 0.1) is 0 Å². The lowest BCUT2D eigenvalue weighted by molar-refractivity contribution is -0.117. The first kappa shape index (κ1) is 18.2. The van der Waals surface area contributed by atoms with Crippen LogP contribution >= 0.6 is 0 Å².